The van der Waals surface area contributed by atoms with Gasteiger partial charge in [-0.2, -0.15) is 0 Å². The van der Waals surface area contributed by atoms with Gasteiger partial charge in [-0.25, -0.2) is 4.90 Å². The summed E-state index contributed by atoms with van der Waals surface area (Å²) >= 11 is 0. The van der Waals surface area contributed by atoms with Crippen LogP contribution in [0.3, 0.4) is 0 Å². The minimum absolute atomic E-state index is 0.0260. The van der Waals surface area contributed by atoms with Crippen LogP contribution in [-0.2, 0) is 14.4 Å². The second-order valence-corrected chi connectivity index (χ2v) is 7.05. The summed E-state index contributed by atoms with van der Waals surface area (Å²) in [4.78, 5) is 38.5. The lowest BCUT2D eigenvalue weighted by Gasteiger charge is -2.19. The maximum absolute atomic E-state index is 13.0. The molecule has 2 fully saturated rings. The maximum atomic E-state index is 13.0. The molecule has 2 aliphatic carbocycles. The highest BCUT2D eigenvalue weighted by molar-refractivity contribution is 6.23. The van der Waals surface area contributed by atoms with E-state index < -0.39 is 5.97 Å². The Morgan fingerprint density at radius 1 is 1.00 bits per heavy atom. The number of anilines is 1. The number of nitrogens with zero attached hydrogens (tertiary/aromatic N) is 1. The lowest BCUT2D eigenvalue weighted by Crippen LogP contribution is -2.33. The molecule has 4 atom stereocenters. The van der Waals surface area contributed by atoms with Gasteiger partial charge in [-0.1, -0.05) is 29.4 Å². The molecule has 128 valence electrons. The van der Waals surface area contributed by atoms with E-state index >= 15 is 0 Å². The van der Waals surface area contributed by atoms with Crippen molar-refractivity contribution in [2.45, 2.75) is 20.8 Å². The fourth-order valence-electron chi connectivity index (χ4n) is 4.54. The molecule has 0 N–H and O–H groups in total. The Kier molecular flexibility index (Phi) is 3.42. The molecule has 1 saturated heterocycles. The van der Waals surface area contributed by atoms with E-state index in [4.69, 9.17) is 4.74 Å². The van der Waals surface area contributed by atoms with Crippen LogP contribution in [0.1, 0.15) is 20.8 Å². The first kappa shape index (κ1) is 15.8. The lowest BCUT2D eigenvalue weighted by molar-refractivity contribution is -0.132. The molecule has 0 unspecified atom stereocenters. The van der Waals surface area contributed by atoms with Gasteiger partial charge in [0.1, 0.15) is 5.75 Å². The van der Waals surface area contributed by atoms with Crippen molar-refractivity contribution in [1.29, 1.82) is 0 Å². The van der Waals surface area contributed by atoms with Crippen molar-refractivity contribution in [3.05, 3.63) is 47.6 Å². The number of rotatable bonds is 2. The van der Waals surface area contributed by atoms with Gasteiger partial charge in [0.15, 0.2) is 0 Å². The van der Waals surface area contributed by atoms with Crippen molar-refractivity contribution in [2.75, 3.05) is 4.90 Å². The number of esters is 1. The molecule has 0 radical (unpaired) electrons. The monoisotopic (exact) mass is 337 g/mol. The predicted molar refractivity (Wildman–Crippen MR) is 91.7 cm³/mol. The van der Waals surface area contributed by atoms with Crippen LogP contribution in [0.25, 0.3) is 0 Å². The summed E-state index contributed by atoms with van der Waals surface area (Å²) in [6.07, 6.45) is 4.14. The summed E-state index contributed by atoms with van der Waals surface area (Å²) < 4.78 is 5.07. The SMILES string of the molecule is CC(=O)Oc1cccc(N2C(=O)[C@H]3[C@H](C2=O)[C@H]2C=C[C@H]3C2=C(C)C)c1. The van der Waals surface area contributed by atoms with Gasteiger partial charge in [-0.15, -0.1) is 0 Å². The molecule has 1 saturated carbocycles. The first-order chi connectivity index (χ1) is 11.9. The molecule has 5 nitrogen and oxygen atoms in total. The number of ether oxygens (including phenoxy) is 1. The fourth-order valence-corrected chi connectivity index (χ4v) is 4.54. The summed E-state index contributed by atoms with van der Waals surface area (Å²) in [5.74, 6) is -1.01. The van der Waals surface area contributed by atoms with Crippen LogP contribution in [0.15, 0.2) is 47.6 Å². The molecule has 25 heavy (non-hydrogen) atoms. The molecule has 3 aliphatic rings. The molecule has 1 aromatic carbocycles. The molecular weight excluding hydrogens is 318 g/mol. The van der Waals surface area contributed by atoms with Crippen molar-refractivity contribution in [3.63, 3.8) is 0 Å². The number of carbonyl (C=O) groups is 3. The Balaban J connectivity index is 1.70. The van der Waals surface area contributed by atoms with Crippen LogP contribution in [0.2, 0.25) is 0 Å². The Morgan fingerprint density at radius 2 is 1.60 bits per heavy atom. The fraction of sp³-hybridized carbons (Fsp3) is 0.350. The van der Waals surface area contributed by atoms with Crippen LogP contribution in [0.5, 0.6) is 5.75 Å². The number of imide groups is 1. The Morgan fingerprint density at radius 3 is 2.12 bits per heavy atom. The van der Waals surface area contributed by atoms with E-state index in [1.54, 1.807) is 24.3 Å². The van der Waals surface area contributed by atoms with Gasteiger partial charge in [0, 0.05) is 24.8 Å². The number of allylic oxidation sites excluding steroid dienone is 4. The molecule has 0 spiro atoms. The van der Waals surface area contributed by atoms with Gasteiger partial charge in [0.2, 0.25) is 11.8 Å². The summed E-state index contributed by atoms with van der Waals surface area (Å²) in [5.41, 5.74) is 2.88. The van der Waals surface area contributed by atoms with Crippen molar-refractivity contribution >= 4 is 23.5 Å². The molecule has 0 aromatic heterocycles. The van der Waals surface area contributed by atoms with Crippen LogP contribution >= 0.6 is 0 Å². The Hall–Kier alpha value is -2.69. The van der Waals surface area contributed by atoms with E-state index in [1.165, 1.54) is 23.0 Å². The maximum Gasteiger partial charge on any atom is 0.308 e. The Labute approximate surface area is 146 Å². The van der Waals surface area contributed by atoms with E-state index in [9.17, 15) is 14.4 Å². The van der Waals surface area contributed by atoms with Gasteiger partial charge < -0.3 is 4.74 Å². The average molecular weight is 337 g/mol. The summed E-state index contributed by atoms with van der Waals surface area (Å²) in [6.45, 7) is 5.39. The van der Waals surface area contributed by atoms with E-state index in [1.807, 2.05) is 13.8 Å². The number of benzene rings is 1. The third kappa shape index (κ3) is 2.18. The second-order valence-electron chi connectivity index (χ2n) is 7.05. The third-order valence-electron chi connectivity index (χ3n) is 5.33. The van der Waals surface area contributed by atoms with Crippen molar-refractivity contribution in [1.82, 2.24) is 0 Å². The highest BCUT2D eigenvalue weighted by Crippen LogP contribution is 2.57. The van der Waals surface area contributed by atoms with Gasteiger partial charge in [-0.3, -0.25) is 14.4 Å². The Bertz CT molecular complexity index is 828. The second kappa shape index (κ2) is 5.41. The van der Waals surface area contributed by atoms with Gasteiger partial charge >= 0.3 is 5.97 Å². The number of amides is 2. The number of carbonyl (C=O) groups excluding carboxylic acids is 3. The molecule has 5 heteroatoms. The van der Waals surface area contributed by atoms with Gasteiger partial charge in [0.25, 0.3) is 0 Å². The zero-order valence-electron chi connectivity index (χ0n) is 14.4. The van der Waals surface area contributed by atoms with Crippen molar-refractivity contribution < 1.29 is 19.1 Å². The van der Waals surface area contributed by atoms with Crippen LogP contribution in [0, 0.1) is 23.7 Å². The quantitative estimate of drug-likeness (QED) is 0.360. The smallest absolute Gasteiger partial charge is 0.308 e. The molecule has 1 aromatic rings. The largest absolute Gasteiger partial charge is 0.427 e. The topological polar surface area (TPSA) is 63.7 Å². The molecule has 4 rings (SSSR count). The first-order valence-electron chi connectivity index (χ1n) is 8.42. The highest BCUT2D eigenvalue weighted by Gasteiger charge is 2.61. The van der Waals surface area contributed by atoms with E-state index in [0.29, 0.717) is 11.4 Å². The normalized spacial score (nSPS) is 29.4. The zero-order valence-corrected chi connectivity index (χ0v) is 14.4. The summed E-state index contributed by atoms with van der Waals surface area (Å²) in [6, 6.07) is 6.57. The highest BCUT2D eigenvalue weighted by atomic mass is 16.5. The molecule has 1 heterocycles. The molecule has 1 aliphatic heterocycles. The lowest BCUT2D eigenvalue weighted by atomic mass is 9.85. The summed E-state index contributed by atoms with van der Waals surface area (Å²) in [5, 5.41) is 0. The van der Waals surface area contributed by atoms with Crippen LogP contribution in [0.4, 0.5) is 5.69 Å². The third-order valence-corrected chi connectivity index (χ3v) is 5.33. The standard InChI is InChI=1S/C20H19NO4/c1-10(2)16-14-7-8-15(16)18-17(14)19(23)21(20(18)24)12-5-4-6-13(9-12)25-11(3)22/h4-9,14-15,17-18H,1-3H3/t14-,15-,17+,18+/m0/s1. The molecule has 2 amide bonds. The van der Waals surface area contributed by atoms with Gasteiger partial charge in [0.05, 0.1) is 17.5 Å². The predicted octanol–water partition coefficient (Wildman–Crippen LogP) is 2.87. The minimum Gasteiger partial charge on any atom is -0.427 e. The summed E-state index contributed by atoms with van der Waals surface area (Å²) in [7, 11) is 0. The van der Waals surface area contributed by atoms with Crippen molar-refractivity contribution in [3.8, 4) is 5.75 Å². The van der Waals surface area contributed by atoms with Crippen molar-refractivity contribution in [2.24, 2.45) is 23.7 Å². The van der Waals surface area contributed by atoms with Crippen LogP contribution < -0.4 is 9.64 Å². The first-order valence-corrected chi connectivity index (χ1v) is 8.42. The zero-order chi connectivity index (χ0) is 17.9. The van der Waals surface area contributed by atoms with E-state index in [-0.39, 0.29) is 35.5 Å². The molecular formula is C20H19NO4. The number of fused-ring (bicyclic) bond motifs is 5. The average Bonchev–Trinajstić information content (AvgIpc) is 3.17. The van der Waals surface area contributed by atoms with E-state index in [2.05, 4.69) is 12.2 Å². The van der Waals surface area contributed by atoms with Crippen LogP contribution in [-0.4, -0.2) is 17.8 Å². The number of hydrogen-bond acceptors (Lipinski definition) is 4. The van der Waals surface area contributed by atoms with E-state index in [0.717, 1.165) is 0 Å². The number of hydrogen-bond donors (Lipinski definition) is 0. The minimum atomic E-state index is -0.441. The molecule has 2 bridgehead atoms. The van der Waals surface area contributed by atoms with Gasteiger partial charge in [-0.05, 0) is 26.0 Å².